The molecule has 1 fully saturated rings. The summed E-state index contributed by atoms with van der Waals surface area (Å²) in [6, 6.07) is 7.18. The molecule has 0 spiro atoms. The van der Waals surface area contributed by atoms with Gasteiger partial charge in [-0.25, -0.2) is 0 Å². The van der Waals surface area contributed by atoms with Crippen LogP contribution < -0.4 is 4.74 Å². The van der Waals surface area contributed by atoms with Gasteiger partial charge in [-0.3, -0.25) is 9.69 Å². The quantitative estimate of drug-likeness (QED) is 0.771. The number of halogens is 1. The van der Waals surface area contributed by atoms with Gasteiger partial charge in [0.15, 0.2) is 0 Å². The number of carbonyl (C=O) groups is 1. The van der Waals surface area contributed by atoms with Crippen molar-refractivity contribution in [3.8, 4) is 5.75 Å². The average molecular weight is 342 g/mol. The molecule has 6 heteroatoms. The van der Waals surface area contributed by atoms with Gasteiger partial charge in [0, 0.05) is 13.1 Å². The van der Waals surface area contributed by atoms with Gasteiger partial charge in [0.2, 0.25) is 0 Å². The molecule has 0 amide bonds. The molecule has 1 aromatic rings. The molecular weight excluding hydrogens is 318 g/mol. The van der Waals surface area contributed by atoms with Crippen molar-refractivity contribution in [3.05, 3.63) is 29.3 Å². The van der Waals surface area contributed by atoms with E-state index in [1.165, 1.54) is 0 Å². The van der Waals surface area contributed by atoms with Gasteiger partial charge in [-0.15, -0.1) is 0 Å². The summed E-state index contributed by atoms with van der Waals surface area (Å²) in [6.45, 7) is 4.36. The Hall–Kier alpha value is -1.30. The maximum atomic E-state index is 11.8. The number of benzene rings is 1. The first-order chi connectivity index (χ1) is 11.1. The van der Waals surface area contributed by atoms with Gasteiger partial charge in [-0.1, -0.05) is 23.7 Å². The molecule has 0 aromatic heterocycles. The van der Waals surface area contributed by atoms with Crippen molar-refractivity contribution in [1.82, 2.24) is 4.90 Å². The fourth-order valence-electron chi connectivity index (χ4n) is 2.77. The Kier molecular flexibility index (Phi) is 7.15. The highest BCUT2D eigenvalue weighted by atomic mass is 35.5. The van der Waals surface area contributed by atoms with Crippen LogP contribution in [-0.4, -0.2) is 54.9 Å². The molecule has 5 nitrogen and oxygen atoms in total. The Morgan fingerprint density at radius 3 is 3.00 bits per heavy atom. The maximum absolute atomic E-state index is 11.8. The number of piperidine rings is 1. The number of β-amino-alcohol motifs (C(OH)–C–C–N with tert-alkyl or cyclic N) is 1. The van der Waals surface area contributed by atoms with Crippen LogP contribution in [0, 0.1) is 5.92 Å². The first-order valence-corrected chi connectivity index (χ1v) is 8.42. The van der Waals surface area contributed by atoms with Gasteiger partial charge in [0.1, 0.15) is 18.5 Å². The summed E-state index contributed by atoms with van der Waals surface area (Å²) >= 11 is 6.01. The molecule has 1 aliphatic rings. The third-order valence-electron chi connectivity index (χ3n) is 3.86. The van der Waals surface area contributed by atoms with Gasteiger partial charge in [-0.2, -0.15) is 0 Å². The fourth-order valence-corrected chi connectivity index (χ4v) is 2.96. The third kappa shape index (κ3) is 5.68. The van der Waals surface area contributed by atoms with E-state index in [0.717, 1.165) is 19.4 Å². The Labute approximate surface area is 142 Å². The van der Waals surface area contributed by atoms with E-state index < -0.39 is 6.10 Å². The lowest BCUT2D eigenvalue weighted by atomic mass is 9.98. The SMILES string of the molecule is CCOC(=O)C1CCCN(CC(O)COc2ccccc2Cl)C1. The van der Waals surface area contributed by atoms with E-state index in [4.69, 9.17) is 21.1 Å². The van der Waals surface area contributed by atoms with Crippen LogP contribution in [0.3, 0.4) is 0 Å². The number of nitrogens with zero attached hydrogens (tertiary/aromatic N) is 1. The zero-order valence-corrected chi connectivity index (χ0v) is 14.2. The first kappa shape index (κ1) is 18.0. The highest BCUT2D eigenvalue weighted by Crippen LogP contribution is 2.23. The molecular formula is C17H24ClNO4. The van der Waals surface area contributed by atoms with Crippen molar-refractivity contribution in [1.29, 1.82) is 0 Å². The molecule has 2 rings (SSSR count). The largest absolute Gasteiger partial charge is 0.489 e. The minimum Gasteiger partial charge on any atom is -0.489 e. The van der Waals surface area contributed by atoms with Crippen molar-refractivity contribution < 1.29 is 19.4 Å². The second kappa shape index (κ2) is 9.11. The van der Waals surface area contributed by atoms with Gasteiger partial charge < -0.3 is 14.6 Å². The molecule has 128 valence electrons. The lowest BCUT2D eigenvalue weighted by molar-refractivity contribution is -0.150. The highest BCUT2D eigenvalue weighted by Gasteiger charge is 2.27. The molecule has 2 atom stereocenters. The van der Waals surface area contributed by atoms with Crippen LogP contribution in [0.15, 0.2) is 24.3 Å². The highest BCUT2D eigenvalue weighted by molar-refractivity contribution is 6.32. The molecule has 0 aliphatic carbocycles. The predicted molar refractivity (Wildman–Crippen MR) is 88.8 cm³/mol. The van der Waals surface area contributed by atoms with Crippen molar-refractivity contribution >= 4 is 17.6 Å². The van der Waals surface area contributed by atoms with Gasteiger partial charge >= 0.3 is 5.97 Å². The Morgan fingerprint density at radius 1 is 1.48 bits per heavy atom. The van der Waals surface area contributed by atoms with Gasteiger partial charge in [0.05, 0.1) is 17.5 Å². The van der Waals surface area contributed by atoms with E-state index in [-0.39, 0.29) is 18.5 Å². The topological polar surface area (TPSA) is 59.0 Å². The summed E-state index contributed by atoms with van der Waals surface area (Å²) in [6.07, 6.45) is 1.15. The molecule has 1 N–H and O–H groups in total. The van der Waals surface area contributed by atoms with E-state index in [1.54, 1.807) is 12.1 Å². The molecule has 1 aromatic carbocycles. The summed E-state index contributed by atoms with van der Waals surface area (Å²) in [7, 11) is 0. The molecule has 0 bridgehead atoms. The normalized spacial score (nSPS) is 20.0. The molecule has 1 aliphatic heterocycles. The number of likely N-dealkylation sites (tertiary alicyclic amines) is 1. The number of esters is 1. The number of rotatable bonds is 7. The number of aliphatic hydroxyl groups excluding tert-OH is 1. The summed E-state index contributed by atoms with van der Waals surface area (Å²) in [4.78, 5) is 13.9. The van der Waals surface area contributed by atoms with Crippen LogP contribution in [0.1, 0.15) is 19.8 Å². The smallest absolute Gasteiger partial charge is 0.310 e. The molecule has 0 radical (unpaired) electrons. The number of hydrogen-bond acceptors (Lipinski definition) is 5. The zero-order valence-electron chi connectivity index (χ0n) is 13.4. The summed E-state index contributed by atoms with van der Waals surface area (Å²) in [5, 5.41) is 10.7. The molecule has 1 saturated heterocycles. The van der Waals surface area contributed by atoms with E-state index >= 15 is 0 Å². The van der Waals surface area contributed by atoms with E-state index in [0.29, 0.717) is 30.5 Å². The number of hydrogen-bond donors (Lipinski definition) is 1. The second-order valence-corrected chi connectivity index (χ2v) is 6.15. The van der Waals surface area contributed by atoms with Crippen LogP contribution in [0.2, 0.25) is 5.02 Å². The van der Waals surface area contributed by atoms with Crippen molar-refractivity contribution in [2.45, 2.75) is 25.9 Å². The van der Waals surface area contributed by atoms with Crippen LogP contribution in [0.25, 0.3) is 0 Å². The standard InChI is InChI=1S/C17H24ClNO4/c1-2-22-17(21)13-6-5-9-19(10-13)11-14(20)12-23-16-8-4-3-7-15(16)18/h3-4,7-8,13-14,20H,2,5-6,9-12H2,1H3. The molecule has 23 heavy (non-hydrogen) atoms. The Bertz CT molecular complexity index is 511. The Balaban J connectivity index is 1.77. The predicted octanol–water partition coefficient (Wildman–Crippen LogP) is 2.35. The van der Waals surface area contributed by atoms with Crippen LogP contribution in [-0.2, 0) is 9.53 Å². The minimum atomic E-state index is -0.632. The fraction of sp³-hybridized carbons (Fsp3) is 0.588. The lowest BCUT2D eigenvalue weighted by Gasteiger charge is -2.32. The van der Waals surface area contributed by atoms with E-state index in [1.807, 2.05) is 19.1 Å². The van der Waals surface area contributed by atoms with E-state index in [9.17, 15) is 9.90 Å². The summed E-state index contributed by atoms with van der Waals surface area (Å²) in [5.41, 5.74) is 0. The molecule has 0 saturated carbocycles. The van der Waals surface area contributed by atoms with Crippen LogP contribution in [0.5, 0.6) is 5.75 Å². The average Bonchev–Trinajstić information content (AvgIpc) is 2.54. The van der Waals surface area contributed by atoms with Crippen LogP contribution >= 0.6 is 11.6 Å². The Morgan fingerprint density at radius 2 is 2.26 bits per heavy atom. The van der Waals surface area contributed by atoms with Gasteiger partial charge in [-0.05, 0) is 38.4 Å². The second-order valence-electron chi connectivity index (χ2n) is 5.75. The monoisotopic (exact) mass is 341 g/mol. The number of carbonyl (C=O) groups excluding carboxylic acids is 1. The zero-order chi connectivity index (χ0) is 16.7. The van der Waals surface area contributed by atoms with Gasteiger partial charge in [0.25, 0.3) is 0 Å². The lowest BCUT2D eigenvalue weighted by Crippen LogP contribution is -2.44. The van der Waals surface area contributed by atoms with Crippen molar-refractivity contribution in [2.24, 2.45) is 5.92 Å². The molecule has 2 unspecified atom stereocenters. The van der Waals surface area contributed by atoms with Crippen molar-refractivity contribution in [3.63, 3.8) is 0 Å². The van der Waals surface area contributed by atoms with Crippen LogP contribution in [0.4, 0.5) is 0 Å². The summed E-state index contributed by atoms with van der Waals surface area (Å²) < 4.78 is 10.6. The molecule has 1 heterocycles. The van der Waals surface area contributed by atoms with Crippen molar-refractivity contribution in [2.75, 3.05) is 32.8 Å². The maximum Gasteiger partial charge on any atom is 0.310 e. The summed E-state index contributed by atoms with van der Waals surface area (Å²) in [5.74, 6) is 0.329. The van der Waals surface area contributed by atoms with E-state index in [2.05, 4.69) is 4.90 Å². The number of ether oxygens (including phenoxy) is 2. The minimum absolute atomic E-state index is 0.0969. The number of para-hydroxylation sites is 1. The first-order valence-electron chi connectivity index (χ1n) is 8.04. The third-order valence-corrected chi connectivity index (χ3v) is 4.17. The number of aliphatic hydroxyl groups is 1.